The molecule has 0 rings (SSSR count). The molecule has 0 radical (unpaired) electrons. The Hall–Kier alpha value is -3.16. The molecule has 0 amide bonds. The lowest BCUT2D eigenvalue weighted by Crippen LogP contribution is -1.92. The molecule has 0 atom stereocenters. The molecule has 156 valence electrons. The Morgan fingerprint density at radius 1 is 0.667 bits per heavy atom. The number of rotatable bonds is 5. The van der Waals surface area contributed by atoms with Crippen LogP contribution in [0.4, 0.5) is 0 Å². The van der Waals surface area contributed by atoms with Gasteiger partial charge in [0.2, 0.25) is 0 Å². The van der Waals surface area contributed by atoms with Crippen molar-refractivity contribution in [2.24, 2.45) is 0 Å². The first kappa shape index (κ1) is 35.0. The summed E-state index contributed by atoms with van der Waals surface area (Å²) in [5.41, 5.74) is 0.528. The van der Waals surface area contributed by atoms with Gasteiger partial charge in [0.05, 0.1) is 0 Å². The molecule has 0 spiro atoms. The van der Waals surface area contributed by atoms with E-state index in [0.717, 1.165) is 6.08 Å². The van der Waals surface area contributed by atoms with Gasteiger partial charge in [-0.25, -0.2) is 19.2 Å². The summed E-state index contributed by atoms with van der Waals surface area (Å²) in [5, 5.41) is 31.3. The van der Waals surface area contributed by atoms with Gasteiger partial charge in [-0.15, -0.1) is 0 Å². The van der Waals surface area contributed by atoms with Gasteiger partial charge < -0.3 is 20.4 Å². The second-order valence-corrected chi connectivity index (χ2v) is 4.80. The Morgan fingerprint density at radius 2 is 0.778 bits per heavy atom. The van der Waals surface area contributed by atoms with Gasteiger partial charge in [0.15, 0.2) is 0 Å². The molecule has 0 heterocycles. The van der Waals surface area contributed by atoms with E-state index in [9.17, 15) is 19.2 Å². The maximum atomic E-state index is 9.60. The molecule has 0 aromatic rings. The summed E-state index contributed by atoms with van der Waals surface area (Å²) in [7, 11) is 0. The molecule has 0 aromatic heterocycles. The molecule has 0 saturated heterocycles. The monoisotopic (exact) mass is 388 g/mol. The zero-order chi connectivity index (χ0) is 23.2. The van der Waals surface area contributed by atoms with Gasteiger partial charge in [0.1, 0.15) is 0 Å². The highest BCUT2D eigenvalue weighted by atomic mass is 16.4. The van der Waals surface area contributed by atoms with Gasteiger partial charge in [-0.05, 0) is 20.8 Å². The molecule has 0 aliphatic heterocycles. The lowest BCUT2D eigenvalue weighted by Gasteiger charge is -1.79. The molecule has 0 unspecified atom stereocenters. The maximum Gasteiger partial charge on any atom is 0.330 e. The van der Waals surface area contributed by atoms with Crippen LogP contribution in [-0.4, -0.2) is 44.3 Å². The number of carboxylic acid groups (broad SMARTS) is 4. The molecule has 0 fully saturated rings. The van der Waals surface area contributed by atoms with Crippen LogP contribution in [0.25, 0.3) is 0 Å². The maximum absolute atomic E-state index is 9.60. The fourth-order valence-corrected chi connectivity index (χ4v) is 0. The van der Waals surface area contributed by atoms with Gasteiger partial charge >= 0.3 is 23.9 Å². The molecule has 0 bridgehead atoms. The molecule has 0 aromatic carbocycles. The smallest absolute Gasteiger partial charge is 0.330 e. The second kappa shape index (κ2) is 25.1. The second-order valence-electron chi connectivity index (χ2n) is 4.80. The van der Waals surface area contributed by atoms with Crippen molar-refractivity contribution in [1.82, 2.24) is 0 Å². The highest BCUT2D eigenvalue weighted by molar-refractivity contribution is 5.85. The Bertz CT molecular complexity index is 421. The van der Waals surface area contributed by atoms with E-state index in [-0.39, 0.29) is 16.7 Å². The topological polar surface area (TPSA) is 149 Å². The summed E-state index contributed by atoms with van der Waals surface area (Å²) < 4.78 is 0. The number of hydrogen-bond donors (Lipinski definition) is 4. The van der Waals surface area contributed by atoms with Crippen LogP contribution < -0.4 is 0 Å². The summed E-state index contributed by atoms with van der Waals surface area (Å²) in [4.78, 5) is 38.0. The average molecular weight is 388 g/mol. The van der Waals surface area contributed by atoms with Crippen LogP contribution in [0.2, 0.25) is 0 Å². The number of unbranched alkanes of at least 4 members (excludes halogenated alkanes) is 1. The quantitative estimate of drug-likeness (QED) is 0.516. The molecule has 8 heteroatoms. The van der Waals surface area contributed by atoms with Crippen LogP contribution >= 0.6 is 0 Å². The number of aliphatic carboxylic acids is 4. The summed E-state index contributed by atoms with van der Waals surface area (Å²) in [6.07, 6.45) is 3.47. The third kappa shape index (κ3) is 70.8. The van der Waals surface area contributed by atoms with Crippen molar-refractivity contribution in [3.8, 4) is 0 Å². The van der Waals surface area contributed by atoms with Crippen molar-refractivity contribution < 1.29 is 39.6 Å². The van der Waals surface area contributed by atoms with Crippen molar-refractivity contribution in [2.45, 2.75) is 47.5 Å². The summed E-state index contributed by atoms with van der Waals surface area (Å²) >= 11 is 0. The third-order valence-corrected chi connectivity index (χ3v) is 1.77. The van der Waals surface area contributed by atoms with Gasteiger partial charge in [0, 0.05) is 22.8 Å². The summed E-state index contributed by atoms with van der Waals surface area (Å²) in [5.74, 6) is -3.79. The predicted molar refractivity (Wildman–Crippen MR) is 106 cm³/mol. The Kier molecular flexibility index (Phi) is 32.6. The molecule has 4 N–H and O–H groups in total. The first-order chi connectivity index (χ1) is 12.1. The number of hydrogen-bond acceptors (Lipinski definition) is 4. The van der Waals surface area contributed by atoms with Crippen molar-refractivity contribution >= 4 is 23.9 Å². The summed E-state index contributed by atoms with van der Waals surface area (Å²) in [6, 6.07) is 0. The molecule has 0 aliphatic rings. The van der Waals surface area contributed by atoms with E-state index >= 15 is 0 Å². The van der Waals surface area contributed by atoms with Crippen LogP contribution in [0, 0.1) is 0 Å². The van der Waals surface area contributed by atoms with Crippen LogP contribution in [-0.2, 0) is 19.2 Å². The van der Waals surface area contributed by atoms with Crippen molar-refractivity contribution in [3.63, 3.8) is 0 Å². The predicted octanol–water partition coefficient (Wildman–Crippen LogP) is 4.00. The zero-order valence-electron chi connectivity index (χ0n) is 16.7. The average Bonchev–Trinajstić information content (AvgIpc) is 2.56. The minimum atomic E-state index is -0.981. The van der Waals surface area contributed by atoms with E-state index in [1.807, 2.05) is 0 Å². The van der Waals surface area contributed by atoms with Crippen molar-refractivity contribution in [2.75, 3.05) is 0 Å². The van der Waals surface area contributed by atoms with Crippen LogP contribution in [0.5, 0.6) is 0 Å². The highest BCUT2D eigenvalue weighted by Gasteiger charge is 1.91. The molecular weight excluding hydrogens is 356 g/mol. The number of carbonyl (C=O) groups is 4. The van der Waals surface area contributed by atoms with E-state index in [4.69, 9.17) is 20.4 Å². The molecule has 0 aliphatic carbocycles. The van der Waals surface area contributed by atoms with E-state index in [1.54, 1.807) is 0 Å². The molecule has 8 nitrogen and oxygen atoms in total. The lowest BCUT2D eigenvalue weighted by molar-refractivity contribution is -0.133. The molecular formula is C19H32O8. The third-order valence-electron chi connectivity index (χ3n) is 1.77. The standard InChI is InChI=1S/3C4H6O2.C4H10.C3H4O2/c3*1-3(2)4(5)6;1-3-4-2;1-2-3(4)5/h3*1H2,2H3,(H,5,6);3-4H2,1-2H3;2H,1H2,(H,4,5). The van der Waals surface area contributed by atoms with E-state index in [1.165, 1.54) is 33.6 Å². The van der Waals surface area contributed by atoms with E-state index in [0.29, 0.717) is 0 Å². The van der Waals surface area contributed by atoms with Crippen molar-refractivity contribution in [1.29, 1.82) is 0 Å². The highest BCUT2D eigenvalue weighted by Crippen LogP contribution is 1.82. The Morgan fingerprint density at radius 3 is 0.778 bits per heavy atom. The largest absolute Gasteiger partial charge is 0.478 e. The molecule has 0 saturated carbocycles. The molecule has 27 heavy (non-hydrogen) atoms. The zero-order valence-corrected chi connectivity index (χ0v) is 16.7. The van der Waals surface area contributed by atoms with Crippen molar-refractivity contribution in [3.05, 3.63) is 49.1 Å². The van der Waals surface area contributed by atoms with Crippen LogP contribution in [0.3, 0.4) is 0 Å². The fraction of sp³-hybridized carbons (Fsp3) is 0.368. The minimum absolute atomic E-state index is 0.176. The first-order valence-electron chi connectivity index (χ1n) is 7.63. The minimum Gasteiger partial charge on any atom is -0.478 e. The fourth-order valence-electron chi connectivity index (χ4n) is 0. The normalized spacial score (nSPS) is 7.30. The Labute approximate surface area is 160 Å². The van der Waals surface area contributed by atoms with Gasteiger partial charge in [0.25, 0.3) is 0 Å². The van der Waals surface area contributed by atoms with E-state index < -0.39 is 23.9 Å². The Balaban J connectivity index is -0.0000000753. The summed E-state index contributed by atoms with van der Waals surface area (Å²) in [6.45, 7) is 21.1. The van der Waals surface area contributed by atoms with Gasteiger partial charge in [-0.3, -0.25) is 0 Å². The lowest BCUT2D eigenvalue weighted by atomic mass is 10.4. The van der Waals surface area contributed by atoms with Crippen LogP contribution in [0.15, 0.2) is 49.1 Å². The van der Waals surface area contributed by atoms with E-state index in [2.05, 4.69) is 40.2 Å². The van der Waals surface area contributed by atoms with Gasteiger partial charge in [-0.1, -0.05) is 53.0 Å². The van der Waals surface area contributed by atoms with Gasteiger partial charge in [-0.2, -0.15) is 0 Å². The van der Waals surface area contributed by atoms with Crippen LogP contribution in [0.1, 0.15) is 47.5 Å². The first-order valence-corrected chi connectivity index (χ1v) is 7.63. The SMILES string of the molecule is C=C(C)C(=O)O.C=C(C)C(=O)O.C=C(C)C(=O)O.C=CC(=O)O.CCCC. The number of carboxylic acids is 4.